The number of hydrogen-bond acceptors (Lipinski definition) is 6. The molecule has 1 aromatic carbocycles. The summed E-state index contributed by atoms with van der Waals surface area (Å²) in [4.78, 5) is 19.4. The smallest absolute Gasteiger partial charge is 0.252 e. The average molecular weight is 357 g/mol. The van der Waals surface area contributed by atoms with Crippen LogP contribution < -0.4 is 4.74 Å². The fourth-order valence-corrected chi connectivity index (χ4v) is 3.42. The van der Waals surface area contributed by atoms with Crippen LogP contribution >= 0.6 is 0 Å². The van der Waals surface area contributed by atoms with E-state index in [2.05, 4.69) is 10.1 Å². The summed E-state index contributed by atoms with van der Waals surface area (Å²) in [7, 11) is 1.61. The van der Waals surface area contributed by atoms with Gasteiger partial charge in [-0.05, 0) is 25.8 Å². The zero-order valence-electron chi connectivity index (χ0n) is 15.1. The highest BCUT2D eigenvalue weighted by atomic mass is 16.5. The number of carbonyl (C=O) groups is 1. The van der Waals surface area contributed by atoms with Gasteiger partial charge in [-0.25, -0.2) is 0 Å². The van der Waals surface area contributed by atoms with Gasteiger partial charge in [0.1, 0.15) is 11.8 Å². The summed E-state index contributed by atoms with van der Waals surface area (Å²) in [6, 6.07) is 7.22. The molecule has 2 aliphatic rings. The number of methoxy groups -OCH3 is 1. The minimum Gasteiger partial charge on any atom is -0.496 e. The van der Waals surface area contributed by atoms with Crippen molar-refractivity contribution < 1.29 is 18.8 Å². The number of ether oxygens (including phenoxy) is 2. The Morgan fingerprint density at radius 2 is 2.15 bits per heavy atom. The highest BCUT2D eigenvalue weighted by molar-refractivity contribution is 5.80. The van der Waals surface area contributed by atoms with Crippen LogP contribution in [0.15, 0.2) is 28.8 Å². The van der Waals surface area contributed by atoms with E-state index in [0.29, 0.717) is 30.7 Å². The molecule has 1 aromatic heterocycles. The molecule has 0 N–H and O–H groups in total. The highest BCUT2D eigenvalue weighted by Crippen LogP contribution is 2.39. The topological polar surface area (TPSA) is 77.7 Å². The first kappa shape index (κ1) is 17.0. The molecular formula is C19H23N3O4. The second-order valence-corrected chi connectivity index (χ2v) is 6.86. The minimum atomic E-state index is -0.356. The van der Waals surface area contributed by atoms with Crippen molar-refractivity contribution in [2.45, 2.75) is 44.2 Å². The third kappa shape index (κ3) is 3.31. The molecule has 1 aliphatic carbocycles. The van der Waals surface area contributed by atoms with Gasteiger partial charge in [-0.2, -0.15) is 4.98 Å². The van der Waals surface area contributed by atoms with E-state index in [1.165, 1.54) is 0 Å². The predicted molar refractivity (Wildman–Crippen MR) is 92.8 cm³/mol. The second kappa shape index (κ2) is 7.07. The lowest BCUT2D eigenvalue weighted by Crippen LogP contribution is -2.48. The van der Waals surface area contributed by atoms with Gasteiger partial charge in [-0.1, -0.05) is 23.4 Å². The fourth-order valence-electron chi connectivity index (χ4n) is 3.42. The van der Waals surface area contributed by atoms with E-state index in [1.54, 1.807) is 12.0 Å². The Morgan fingerprint density at radius 3 is 2.92 bits per heavy atom. The molecule has 4 rings (SSSR count). The molecule has 1 saturated carbocycles. The number of carbonyl (C=O) groups excluding carboxylic acids is 1. The number of hydrogen-bond donors (Lipinski definition) is 0. The summed E-state index contributed by atoms with van der Waals surface area (Å²) in [5.41, 5.74) is 0.863. The van der Waals surface area contributed by atoms with Crippen molar-refractivity contribution >= 4 is 5.91 Å². The first-order valence-corrected chi connectivity index (χ1v) is 9.04. The number of amides is 1. The molecule has 138 valence electrons. The lowest BCUT2D eigenvalue weighted by Gasteiger charge is -2.37. The van der Waals surface area contributed by atoms with Crippen LogP contribution in [0.2, 0.25) is 0 Å². The predicted octanol–water partition coefficient (Wildman–Crippen LogP) is 2.49. The minimum absolute atomic E-state index is 0.000761. The van der Waals surface area contributed by atoms with Gasteiger partial charge in [0.25, 0.3) is 5.89 Å². The quantitative estimate of drug-likeness (QED) is 0.818. The molecule has 2 atom stereocenters. The Labute approximate surface area is 152 Å². The van der Waals surface area contributed by atoms with Crippen LogP contribution in [0, 0.1) is 0 Å². The molecule has 1 saturated heterocycles. The van der Waals surface area contributed by atoms with Crippen LogP contribution in [0.3, 0.4) is 0 Å². The van der Waals surface area contributed by atoms with Gasteiger partial charge in [0.15, 0.2) is 5.82 Å². The van der Waals surface area contributed by atoms with Crippen molar-refractivity contribution in [3.05, 3.63) is 41.5 Å². The first-order chi connectivity index (χ1) is 12.7. The van der Waals surface area contributed by atoms with Crippen LogP contribution in [0.4, 0.5) is 0 Å². The van der Waals surface area contributed by atoms with Crippen molar-refractivity contribution in [2.75, 3.05) is 20.3 Å². The van der Waals surface area contributed by atoms with Gasteiger partial charge in [0.2, 0.25) is 5.91 Å². The summed E-state index contributed by atoms with van der Waals surface area (Å²) in [6.45, 7) is 2.94. The molecule has 0 radical (unpaired) electrons. The van der Waals surface area contributed by atoms with Gasteiger partial charge < -0.3 is 18.9 Å². The molecule has 2 heterocycles. The molecule has 7 heteroatoms. The zero-order valence-corrected chi connectivity index (χ0v) is 15.1. The Morgan fingerprint density at radius 1 is 1.35 bits per heavy atom. The highest BCUT2D eigenvalue weighted by Gasteiger charge is 2.39. The lowest BCUT2D eigenvalue weighted by molar-refractivity contribution is -0.146. The number of morpholine rings is 1. The maximum atomic E-state index is 13.0. The third-order valence-corrected chi connectivity index (χ3v) is 5.00. The van der Waals surface area contributed by atoms with Gasteiger partial charge >= 0.3 is 0 Å². The van der Waals surface area contributed by atoms with E-state index in [-0.39, 0.29) is 24.5 Å². The van der Waals surface area contributed by atoms with Crippen LogP contribution in [0.25, 0.3) is 0 Å². The summed E-state index contributed by atoms with van der Waals surface area (Å²) in [5.74, 6) is 2.33. The van der Waals surface area contributed by atoms with Crippen LogP contribution in [-0.4, -0.2) is 47.3 Å². The van der Waals surface area contributed by atoms with Gasteiger partial charge in [-0.3, -0.25) is 4.79 Å². The van der Waals surface area contributed by atoms with Gasteiger partial charge in [0, 0.05) is 18.0 Å². The second-order valence-electron chi connectivity index (χ2n) is 6.86. The number of aromatic nitrogens is 2. The Bertz CT molecular complexity index is 787. The van der Waals surface area contributed by atoms with E-state index in [1.807, 2.05) is 31.2 Å². The van der Waals surface area contributed by atoms with Crippen molar-refractivity contribution in [2.24, 2.45) is 0 Å². The standard InChI is InChI=1S/C19H23N3O4/c1-12-17(19-20-18(21-26-19)13-7-8-13)22(9-10-25-12)16(23)11-14-5-3-4-6-15(14)24-2/h3-6,12-13,17H,7-11H2,1-2H3/t12-,17+/m1/s1. The number of para-hydroxylation sites is 1. The molecule has 26 heavy (non-hydrogen) atoms. The molecule has 0 bridgehead atoms. The van der Waals surface area contributed by atoms with Crippen LogP contribution in [0.1, 0.15) is 49.0 Å². The average Bonchev–Trinajstić information content (AvgIpc) is 3.39. The van der Waals surface area contributed by atoms with Crippen molar-refractivity contribution in [3.63, 3.8) is 0 Å². The third-order valence-electron chi connectivity index (χ3n) is 5.00. The molecule has 2 fully saturated rings. The number of nitrogens with zero attached hydrogens (tertiary/aromatic N) is 3. The summed E-state index contributed by atoms with van der Waals surface area (Å²) in [5, 5.41) is 4.09. The largest absolute Gasteiger partial charge is 0.496 e. The molecular weight excluding hydrogens is 334 g/mol. The van der Waals surface area contributed by atoms with E-state index in [9.17, 15) is 4.79 Å². The van der Waals surface area contributed by atoms with E-state index in [4.69, 9.17) is 14.0 Å². The van der Waals surface area contributed by atoms with E-state index in [0.717, 1.165) is 24.2 Å². The summed E-state index contributed by atoms with van der Waals surface area (Å²) < 4.78 is 16.6. The Hall–Kier alpha value is -2.41. The van der Waals surface area contributed by atoms with Gasteiger partial charge in [-0.15, -0.1) is 0 Å². The molecule has 7 nitrogen and oxygen atoms in total. The molecule has 0 unspecified atom stereocenters. The van der Waals surface area contributed by atoms with Crippen molar-refractivity contribution in [1.82, 2.24) is 15.0 Å². The maximum absolute atomic E-state index is 13.0. The van der Waals surface area contributed by atoms with E-state index < -0.39 is 0 Å². The fraction of sp³-hybridized carbons (Fsp3) is 0.526. The van der Waals surface area contributed by atoms with E-state index >= 15 is 0 Å². The zero-order chi connectivity index (χ0) is 18.1. The monoisotopic (exact) mass is 357 g/mol. The summed E-state index contributed by atoms with van der Waals surface area (Å²) >= 11 is 0. The molecule has 1 aliphatic heterocycles. The van der Waals surface area contributed by atoms with Crippen LogP contribution in [-0.2, 0) is 16.0 Å². The Balaban J connectivity index is 1.56. The molecule has 0 spiro atoms. The molecule has 1 amide bonds. The normalized spacial score (nSPS) is 23.1. The van der Waals surface area contributed by atoms with Gasteiger partial charge in [0.05, 0.1) is 26.2 Å². The number of rotatable bonds is 5. The maximum Gasteiger partial charge on any atom is 0.252 e. The van der Waals surface area contributed by atoms with Crippen molar-refractivity contribution in [1.29, 1.82) is 0 Å². The van der Waals surface area contributed by atoms with Crippen LogP contribution in [0.5, 0.6) is 5.75 Å². The van der Waals surface area contributed by atoms with Crippen molar-refractivity contribution in [3.8, 4) is 5.75 Å². The summed E-state index contributed by atoms with van der Waals surface area (Å²) in [6.07, 6.45) is 2.27. The molecule has 2 aromatic rings. The lowest BCUT2D eigenvalue weighted by atomic mass is 10.1. The first-order valence-electron chi connectivity index (χ1n) is 9.04. The number of benzene rings is 1. The Kier molecular flexibility index (Phi) is 4.63. The SMILES string of the molecule is COc1ccccc1CC(=O)N1CCO[C@H](C)[C@H]1c1nc(C2CC2)no1.